The first-order valence-electron chi connectivity index (χ1n) is 8.78. The normalized spacial score (nSPS) is 14.0. The molecular formula is C18H25N5O2. The Bertz CT molecular complexity index is 728. The highest BCUT2D eigenvalue weighted by molar-refractivity contribution is 5.73. The van der Waals surface area contributed by atoms with Gasteiger partial charge in [0.15, 0.2) is 0 Å². The van der Waals surface area contributed by atoms with Crippen molar-refractivity contribution in [2.45, 2.75) is 45.8 Å². The van der Waals surface area contributed by atoms with Crippen molar-refractivity contribution in [3.63, 3.8) is 0 Å². The molecule has 0 radical (unpaired) electrons. The van der Waals surface area contributed by atoms with E-state index in [0.717, 1.165) is 42.3 Å². The maximum atomic E-state index is 11.9. The lowest BCUT2D eigenvalue weighted by Gasteiger charge is -2.17. The summed E-state index contributed by atoms with van der Waals surface area (Å²) in [4.78, 5) is 11.9. The number of carbonyl (C=O) groups is 1. The molecule has 0 bridgehead atoms. The molecule has 2 heterocycles. The Morgan fingerprint density at radius 2 is 2.16 bits per heavy atom. The van der Waals surface area contributed by atoms with Crippen molar-refractivity contribution in [1.82, 2.24) is 25.4 Å². The zero-order valence-electron chi connectivity index (χ0n) is 14.8. The number of nitrogens with zero attached hydrogens (tertiary/aromatic N) is 3. The van der Waals surface area contributed by atoms with E-state index in [-0.39, 0.29) is 12.1 Å². The third kappa shape index (κ3) is 4.49. The Labute approximate surface area is 147 Å². The molecule has 1 aromatic carbocycles. The lowest BCUT2D eigenvalue weighted by molar-refractivity contribution is 0.207. The summed E-state index contributed by atoms with van der Waals surface area (Å²) in [7, 11) is 0. The highest BCUT2D eigenvalue weighted by Gasteiger charge is 2.17. The van der Waals surface area contributed by atoms with Crippen LogP contribution in [0.3, 0.4) is 0 Å². The molecule has 0 fully saturated rings. The fraction of sp³-hybridized carbons (Fsp3) is 0.500. The first-order chi connectivity index (χ1) is 12.1. The summed E-state index contributed by atoms with van der Waals surface area (Å²) in [5.41, 5.74) is 1.08. The molecular weight excluding hydrogens is 318 g/mol. The number of para-hydroxylation sites is 1. The zero-order valence-corrected chi connectivity index (χ0v) is 14.8. The summed E-state index contributed by atoms with van der Waals surface area (Å²) >= 11 is 0. The van der Waals surface area contributed by atoms with Gasteiger partial charge in [0.2, 0.25) is 0 Å². The number of aromatic nitrogens is 3. The van der Waals surface area contributed by atoms with Gasteiger partial charge in [-0.1, -0.05) is 18.2 Å². The average molecular weight is 343 g/mol. The number of nitrogens with one attached hydrogen (secondary N) is 2. The van der Waals surface area contributed by atoms with Gasteiger partial charge in [-0.05, 0) is 31.9 Å². The smallest absolute Gasteiger partial charge is 0.314 e. The number of urea groups is 1. The van der Waals surface area contributed by atoms with Crippen LogP contribution in [0.4, 0.5) is 4.79 Å². The Morgan fingerprint density at radius 1 is 1.32 bits per heavy atom. The first-order valence-corrected chi connectivity index (χ1v) is 8.78. The molecule has 0 aliphatic carbocycles. The van der Waals surface area contributed by atoms with Gasteiger partial charge >= 0.3 is 6.03 Å². The van der Waals surface area contributed by atoms with Crippen LogP contribution >= 0.6 is 0 Å². The van der Waals surface area contributed by atoms with Crippen molar-refractivity contribution in [3.05, 3.63) is 41.5 Å². The molecule has 0 saturated heterocycles. The van der Waals surface area contributed by atoms with E-state index in [4.69, 9.17) is 4.74 Å². The molecule has 134 valence electrons. The SMILES string of the molecule is Cc1ccccc1O[C@H](C)CNC(=O)NCCc1nnc2n1CCC2. The molecule has 1 aliphatic heterocycles. The van der Waals surface area contributed by atoms with Crippen molar-refractivity contribution in [3.8, 4) is 5.75 Å². The summed E-state index contributed by atoms with van der Waals surface area (Å²) in [5, 5.41) is 14.0. The minimum Gasteiger partial charge on any atom is -0.489 e. The monoisotopic (exact) mass is 343 g/mol. The van der Waals surface area contributed by atoms with Gasteiger partial charge < -0.3 is 19.9 Å². The summed E-state index contributed by atoms with van der Waals surface area (Å²) in [6, 6.07) is 7.66. The number of aryl methyl sites for hydroxylation is 2. The largest absolute Gasteiger partial charge is 0.489 e. The van der Waals surface area contributed by atoms with E-state index in [1.54, 1.807) is 0 Å². The molecule has 2 N–H and O–H groups in total. The van der Waals surface area contributed by atoms with Crippen molar-refractivity contribution >= 4 is 6.03 Å². The Balaban J connectivity index is 1.36. The summed E-state index contributed by atoms with van der Waals surface area (Å²) in [6.07, 6.45) is 2.71. The minimum absolute atomic E-state index is 0.105. The second-order valence-electron chi connectivity index (χ2n) is 6.37. The minimum atomic E-state index is -0.193. The van der Waals surface area contributed by atoms with Gasteiger partial charge in [0.25, 0.3) is 0 Å². The van der Waals surface area contributed by atoms with Crippen molar-refractivity contribution in [2.75, 3.05) is 13.1 Å². The molecule has 1 aliphatic rings. The van der Waals surface area contributed by atoms with Gasteiger partial charge in [-0.25, -0.2) is 4.79 Å². The quantitative estimate of drug-likeness (QED) is 0.804. The van der Waals surface area contributed by atoms with Crippen LogP contribution in [0.5, 0.6) is 5.75 Å². The van der Waals surface area contributed by atoms with Gasteiger partial charge in [-0.15, -0.1) is 10.2 Å². The van der Waals surface area contributed by atoms with Crippen molar-refractivity contribution in [1.29, 1.82) is 0 Å². The standard InChI is InChI=1S/C18H25N5O2/c1-13-6-3-4-7-15(13)25-14(2)12-20-18(24)19-10-9-17-22-21-16-8-5-11-23(16)17/h3-4,6-7,14H,5,8-12H2,1-2H3,(H2,19,20,24)/t14-/m1/s1. The van der Waals surface area contributed by atoms with E-state index in [1.165, 1.54) is 0 Å². The first kappa shape index (κ1) is 17.3. The maximum Gasteiger partial charge on any atom is 0.314 e. The molecule has 7 nitrogen and oxygen atoms in total. The lowest BCUT2D eigenvalue weighted by atomic mass is 10.2. The van der Waals surface area contributed by atoms with Gasteiger partial charge in [-0.3, -0.25) is 0 Å². The van der Waals surface area contributed by atoms with E-state index in [2.05, 4.69) is 25.4 Å². The van der Waals surface area contributed by atoms with E-state index in [1.807, 2.05) is 38.1 Å². The number of fused-ring (bicyclic) bond motifs is 1. The van der Waals surface area contributed by atoms with Crippen LogP contribution in [0, 0.1) is 6.92 Å². The van der Waals surface area contributed by atoms with Crippen LogP contribution in [0.25, 0.3) is 0 Å². The highest BCUT2D eigenvalue weighted by atomic mass is 16.5. The molecule has 0 saturated carbocycles. The summed E-state index contributed by atoms with van der Waals surface area (Å²) in [5.74, 6) is 2.85. The third-order valence-corrected chi connectivity index (χ3v) is 4.29. The molecule has 25 heavy (non-hydrogen) atoms. The zero-order chi connectivity index (χ0) is 17.6. The van der Waals surface area contributed by atoms with Gasteiger partial charge in [0.05, 0.1) is 6.54 Å². The molecule has 1 aromatic heterocycles. The number of amides is 2. The van der Waals surface area contributed by atoms with E-state index in [0.29, 0.717) is 19.5 Å². The molecule has 7 heteroatoms. The van der Waals surface area contributed by atoms with E-state index < -0.39 is 0 Å². The molecule has 3 rings (SSSR count). The van der Waals surface area contributed by atoms with Gasteiger partial charge in [0.1, 0.15) is 23.5 Å². The predicted octanol–water partition coefficient (Wildman–Crippen LogP) is 1.84. The second-order valence-corrected chi connectivity index (χ2v) is 6.37. The van der Waals surface area contributed by atoms with Crippen LogP contribution in [0.1, 0.15) is 30.6 Å². The number of hydrogen-bond acceptors (Lipinski definition) is 4. The number of rotatable bonds is 7. The maximum absolute atomic E-state index is 11.9. The van der Waals surface area contributed by atoms with Crippen LogP contribution in [0.2, 0.25) is 0 Å². The molecule has 0 spiro atoms. The number of ether oxygens (including phenoxy) is 1. The second kappa shape index (κ2) is 8.00. The van der Waals surface area contributed by atoms with Crippen LogP contribution < -0.4 is 15.4 Å². The van der Waals surface area contributed by atoms with Crippen LogP contribution in [0.15, 0.2) is 24.3 Å². The third-order valence-electron chi connectivity index (χ3n) is 4.29. The van der Waals surface area contributed by atoms with Gasteiger partial charge in [-0.2, -0.15) is 0 Å². The Hall–Kier alpha value is -2.57. The Morgan fingerprint density at radius 3 is 3.00 bits per heavy atom. The topological polar surface area (TPSA) is 81.1 Å². The number of hydrogen-bond donors (Lipinski definition) is 2. The molecule has 2 amide bonds. The fourth-order valence-corrected chi connectivity index (χ4v) is 2.93. The summed E-state index contributed by atoms with van der Waals surface area (Å²) < 4.78 is 8.00. The van der Waals surface area contributed by atoms with Gasteiger partial charge in [0, 0.05) is 25.9 Å². The predicted molar refractivity (Wildman–Crippen MR) is 94.7 cm³/mol. The van der Waals surface area contributed by atoms with Crippen LogP contribution in [-0.4, -0.2) is 40.0 Å². The fourth-order valence-electron chi connectivity index (χ4n) is 2.93. The summed E-state index contributed by atoms with van der Waals surface area (Å²) in [6.45, 7) is 5.91. The molecule has 0 unspecified atom stereocenters. The molecule has 2 aromatic rings. The van der Waals surface area contributed by atoms with E-state index in [9.17, 15) is 4.79 Å². The highest BCUT2D eigenvalue weighted by Crippen LogP contribution is 2.17. The van der Waals surface area contributed by atoms with Crippen molar-refractivity contribution < 1.29 is 9.53 Å². The Kier molecular flexibility index (Phi) is 5.53. The molecule has 1 atom stereocenters. The average Bonchev–Trinajstić information content (AvgIpc) is 3.20. The van der Waals surface area contributed by atoms with E-state index >= 15 is 0 Å². The number of benzene rings is 1. The van der Waals surface area contributed by atoms with Crippen LogP contribution in [-0.2, 0) is 19.4 Å². The number of carbonyl (C=O) groups excluding carboxylic acids is 1. The van der Waals surface area contributed by atoms with Crippen molar-refractivity contribution in [2.24, 2.45) is 0 Å². The lowest BCUT2D eigenvalue weighted by Crippen LogP contribution is -2.41.